The van der Waals surface area contributed by atoms with Crippen LogP contribution < -0.4 is 5.73 Å². The lowest BCUT2D eigenvalue weighted by Gasteiger charge is -2.36. The predicted octanol–water partition coefficient (Wildman–Crippen LogP) is 6.26. The van der Waals surface area contributed by atoms with Gasteiger partial charge < -0.3 is 10.5 Å². The summed E-state index contributed by atoms with van der Waals surface area (Å²) in [6.07, 6.45) is 0. The van der Waals surface area contributed by atoms with Crippen molar-refractivity contribution < 1.29 is 9.53 Å². The molecule has 4 rings (SSSR count). The van der Waals surface area contributed by atoms with E-state index in [2.05, 4.69) is 0 Å². The molecule has 1 atom stereocenters. The first kappa shape index (κ1) is 21.8. The van der Waals surface area contributed by atoms with Crippen molar-refractivity contribution in [3.05, 3.63) is 142 Å². The Bertz CT molecular complexity index is 1200. The van der Waals surface area contributed by atoms with Gasteiger partial charge in [-0.2, -0.15) is 0 Å². The van der Waals surface area contributed by atoms with Crippen molar-refractivity contribution in [3.63, 3.8) is 0 Å². The highest BCUT2D eigenvalue weighted by atomic mass is 35.5. The Morgan fingerprint density at radius 3 is 2.03 bits per heavy atom. The number of hydrogen-bond donors (Lipinski definition) is 1. The van der Waals surface area contributed by atoms with Gasteiger partial charge in [0.15, 0.2) is 5.60 Å². The summed E-state index contributed by atoms with van der Waals surface area (Å²) in [6, 6.07) is 32.3. The zero-order chi connectivity index (χ0) is 22.6. The third-order valence-corrected chi connectivity index (χ3v) is 5.89. The molecule has 0 aliphatic heterocycles. The van der Waals surface area contributed by atoms with Gasteiger partial charge in [0.05, 0.1) is 5.56 Å². The van der Waals surface area contributed by atoms with Crippen LogP contribution in [0.15, 0.2) is 103 Å². The SMILES string of the molecule is Cc1ccc(C(OC(=O)c2ccc(CN)cc2)(c2ccccc2)c2ccccc2Cl)cc1. The van der Waals surface area contributed by atoms with Crippen LogP contribution in [0.25, 0.3) is 0 Å². The van der Waals surface area contributed by atoms with Crippen molar-refractivity contribution >= 4 is 17.6 Å². The Morgan fingerprint density at radius 1 is 0.812 bits per heavy atom. The molecule has 0 fully saturated rings. The molecule has 0 heterocycles. The maximum Gasteiger partial charge on any atom is 0.339 e. The van der Waals surface area contributed by atoms with Gasteiger partial charge in [0.25, 0.3) is 0 Å². The van der Waals surface area contributed by atoms with Crippen LogP contribution >= 0.6 is 11.6 Å². The van der Waals surface area contributed by atoms with Crippen LogP contribution in [0, 0.1) is 6.92 Å². The summed E-state index contributed by atoms with van der Waals surface area (Å²) in [6.45, 7) is 2.43. The Kier molecular flexibility index (Phi) is 6.40. The minimum Gasteiger partial charge on any atom is -0.441 e. The van der Waals surface area contributed by atoms with Crippen molar-refractivity contribution in [2.45, 2.75) is 19.1 Å². The Balaban J connectivity index is 1.94. The number of rotatable bonds is 6. The molecular weight excluding hydrogens is 418 g/mol. The summed E-state index contributed by atoms with van der Waals surface area (Å²) < 4.78 is 6.42. The molecule has 4 aromatic carbocycles. The smallest absolute Gasteiger partial charge is 0.339 e. The summed E-state index contributed by atoms with van der Waals surface area (Å²) in [5.41, 5.74) is 9.30. The van der Waals surface area contributed by atoms with Gasteiger partial charge in [0, 0.05) is 28.3 Å². The topological polar surface area (TPSA) is 52.3 Å². The average molecular weight is 442 g/mol. The lowest BCUT2D eigenvalue weighted by atomic mass is 9.79. The van der Waals surface area contributed by atoms with Crippen LogP contribution in [0.1, 0.15) is 38.2 Å². The molecule has 2 N–H and O–H groups in total. The molecular formula is C28H24ClNO2. The number of nitrogens with two attached hydrogens (primary N) is 1. The third kappa shape index (κ3) is 4.18. The van der Waals surface area contributed by atoms with E-state index < -0.39 is 11.6 Å². The lowest BCUT2D eigenvalue weighted by molar-refractivity contribution is 0.0142. The predicted molar refractivity (Wildman–Crippen MR) is 129 cm³/mol. The molecule has 4 heteroatoms. The molecule has 32 heavy (non-hydrogen) atoms. The fourth-order valence-electron chi connectivity index (χ4n) is 3.83. The Morgan fingerprint density at radius 2 is 1.41 bits per heavy atom. The van der Waals surface area contributed by atoms with E-state index in [1.807, 2.05) is 97.9 Å². The first-order valence-electron chi connectivity index (χ1n) is 10.4. The van der Waals surface area contributed by atoms with E-state index in [1.54, 1.807) is 12.1 Å². The fraction of sp³-hybridized carbons (Fsp3) is 0.107. The van der Waals surface area contributed by atoms with Gasteiger partial charge in [-0.1, -0.05) is 102 Å². The summed E-state index contributed by atoms with van der Waals surface area (Å²) in [5, 5.41) is 0.517. The van der Waals surface area contributed by atoms with Crippen molar-refractivity contribution in [1.82, 2.24) is 0 Å². The lowest BCUT2D eigenvalue weighted by Crippen LogP contribution is -2.35. The molecule has 0 aliphatic rings. The fourth-order valence-corrected chi connectivity index (χ4v) is 4.10. The van der Waals surface area contributed by atoms with Gasteiger partial charge in [0.2, 0.25) is 0 Å². The monoisotopic (exact) mass is 441 g/mol. The molecule has 1 unspecified atom stereocenters. The highest BCUT2D eigenvalue weighted by Crippen LogP contribution is 2.44. The van der Waals surface area contributed by atoms with Gasteiger partial charge in [-0.25, -0.2) is 4.79 Å². The highest BCUT2D eigenvalue weighted by molar-refractivity contribution is 6.31. The number of carbonyl (C=O) groups excluding carboxylic acids is 1. The maximum atomic E-state index is 13.5. The quantitative estimate of drug-likeness (QED) is 0.284. The van der Waals surface area contributed by atoms with Crippen LogP contribution in [-0.2, 0) is 16.9 Å². The van der Waals surface area contributed by atoms with E-state index in [0.717, 1.165) is 22.3 Å². The van der Waals surface area contributed by atoms with Crippen molar-refractivity contribution in [2.75, 3.05) is 0 Å². The number of hydrogen-bond acceptors (Lipinski definition) is 3. The summed E-state index contributed by atoms with van der Waals surface area (Å²) in [4.78, 5) is 13.5. The van der Waals surface area contributed by atoms with E-state index >= 15 is 0 Å². The maximum absolute atomic E-state index is 13.5. The third-order valence-electron chi connectivity index (χ3n) is 5.56. The summed E-state index contributed by atoms with van der Waals surface area (Å²) >= 11 is 6.70. The standard InChI is InChI=1S/C28H24ClNO2/c1-20-11-17-24(18-12-20)28(23-7-3-2-4-8-23,25-9-5-6-10-26(25)29)32-27(31)22-15-13-21(19-30)14-16-22/h2-18H,19,30H2,1H3. The minimum atomic E-state index is -1.23. The molecule has 4 aromatic rings. The molecule has 0 spiro atoms. The molecule has 3 nitrogen and oxygen atoms in total. The number of carbonyl (C=O) groups is 1. The second-order valence-corrected chi connectivity index (χ2v) is 8.09. The number of aryl methyl sites for hydroxylation is 1. The van der Waals surface area contributed by atoms with E-state index in [4.69, 9.17) is 22.1 Å². The highest BCUT2D eigenvalue weighted by Gasteiger charge is 2.42. The first-order chi connectivity index (χ1) is 15.5. The molecule has 0 saturated carbocycles. The minimum absolute atomic E-state index is 0.409. The molecule has 0 bridgehead atoms. The van der Waals surface area contributed by atoms with Crippen LogP contribution in [0.2, 0.25) is 5.02 Å². The number of ether oxygens (including phenoxy) is 1. The normalized spacial score (nSPS) is 12.7. The van der Waals surface area contributed by atoms with Crippen LogP contribution in [0.3, 0.4) is 0 Å². The summed E-state index contributed by atoms with van der Waals surface area (Å²) in [7, 11) is 0. The first-order valence-corrected chi connectivity index (χ1v) is 10.8. The van der Waals surface area contributed by atoms with E-state index in [0.29, 0.717) is 22.7 Å². The molecule has 160 valence electrons. The van der Waals surface area contributed by atoms with Gasteiger partial charge in [-0.15, -0.1) is 0 Å². The van der Waals surface area contributed by atoms with Crippen molar-refractivity contribution in [3.8, 4) is 0 Å². The summed E-state index contributed by atoms with van der Waals surface area (Å²) in [5.74, 6) is -0.446. The molecule has 0 saturated heterocycles. The van der Waals surface area contributed by atoms with Gasteiger partial charge in [-0.05, 0) is 30.7 Å². The van der Waals surface area contributed by atoms with E-state index in [1.165, 1.54) is 0 Å². The second-order valence-electron chi connectivity index (χ2n) is 7.68. The van der Waals surface area contributed by atoms with E-state index in [-0.39, 0.29) is 0 Å². The molecule has 0 radical (unpaired) electrons. The molecule has 0 amide bonds. The van der Waals surface area contributed by atoms with Crippen LogP contribution in [-0.4, -0.2) is 5.97 Å². The van der Waals surface area contributed by atoms with E-state index in [9.17, 15) is 4.79 Å². The van der Waals surface area contributed by atoms with Crippen LogP contribution in [0.5, 0.6) is 0 Å². The van der Waals surface area contributed by atoms with Crippen LogP contribution in [0.4, 0.5) is 0 Å². The molecule has 0 aliphatic carbocycles. The average Bonchev–Trinajstić information content (AvgIpc) is 2.84. The second kappa shape index (κ2) is 9.39. The zero-order valence-electron chi connectivity index (χ0n) is 17.8. The van der Waals surface area contributed by atoms with Gasteiger partial charge in [0.1, 0.15) is 0 Å². The van der Waals surface area contributed by atoms with Gasteiger partial charge in [-0.3, -0.25) is 0 Å². The zero-order valence-corrected chi connectivity index (χ0v) is 18.5. The number of benzene rings is 4. The van der Waals surface area contributed by atoms with Crippen molar-refractivity contribution in [2.24, 2.45) is 5.73 Å². The van der Waals surface area contributed by atoms with Gasteiger partial charge >= 0.3 is 5.97 Å². The Hall–Kier alpha value is -3.40. The van der Waals surface area contributed by atoms with Crippen molar-refractivity contribution in [1.29, 1.82) is 0 Å². The number of halogens is 1. The Labute approximate surface area is 193 Å². The molecule has 0 aromatic heterocycles. The number of esters is 1. The largest absolute Gasteiger partial charge is 0.441 e.